The van der Waals surface area contributed by atoms with Crippen molar-refractivity contribution in [1.29, 1.82) is 0 Å². The third-order valence-electron chi connectivity index (χ3n) is 1.26. The highest BCUT2D eigenvalue weighted by molar-refractivity contribution is 7.89. The topological polar surface area (TPSA) is 63.2 Å². The van der Waals surface area contributed by atoms with Crippen LogP contribution in [0, 0.1) is 0 Å². The lowest BCUT2D eigenvalue weighted by Crippen LogP contribution is -2.26. The second kappa shape index (κ2) is 6.14. The Morgan fingerprint density at radius 2 is 2.08 bits per heavy atom. The second-order valence-corrected chi connectivity index (χ2v) is 4.39. The fourth-order valence-corrected chi connectivity index (χ4v) is 1.85. The van der Waals surface area contributed by atoms with E-state index in [1.54, 1.807) is 6.29 Å². The lowest BCUT2D eigenvalue weighted by atomic mass is 10.4. The monoisotopic (exact) mass is 192 g/mol. The molecule has 1 N–H and O–H groups in total. The van der Waals surface area contributed by atoms with E-state index in [9.17, 15) is 13.2 Å². The van der Waals surface area contributed by atoms with Crippen LogP contribution in [-0.2, 0) is 14.8 Å². The molecule has 0 bridgehead atoms. The van der Waals surface area contributed by atoms with E-state index in [1.807, 2.05) is 6.92 Å². The summed E-state index contributed by atoms with van der Waals surface area (Å²) in [5.74, 6) is 0.0161. The van der Waals surface area contributed by atoms with Crippen LogP contribution >= 0.6 is 0 Å². The highest BCUT2D eigenvalue weighted by Gasteiger charge is 2.07. The summed E-state index contributed by atoms with van der Waals surface area (Å²) in [7, 11) is -3.14. The molecule has 0 aliphatic heterocycles. The normalized spacial score (nSPS) is 11.4. The van der Waals surface area contributed by atoms with Crippen LogP contribution in [0.1, 0.15) is 26.2 Å². The van der Waals surface area contributed by atoms with Gasteiger partial charge in [-0.3, -0.25) is 4.79 Å². The second-order valence-electron chi connectivity index (χ2n) is 2.46. The zero-order valence-electron chi connectivity index (χ0n) is 7.17. The molecule has 0 aromatic heterocycles. The molecule has 71 valence electrons. The largest absolute Gasteiger partial charge is 0.291 e. The standard InChI is InChI=1S/C7H14NO3S/c1-2-5-8-12(10,11)7-4-3-6-9/h8H,2-5,7H2,1H3. The van der Waals surface area contributed by atoms with Crippen molar-refractivity contribution in [3.8, 4) is 0 Å². The van der Waals surface area contributed by atoms with Crippen molar-refractivity contribution in [1.82, 2.24) is 4.72 Å². The van der Waals surface area contributed by atoms with E-state index in [1.165, 1.54) is 0 Å². The van der Waals surface area contributed by atoms with Gasteiger partial charge in [0, 0.05) is 13.0 Å². The van der Waals surface area contributed by atoms with Crippen molar-refractivity contribution in [3.63, 3.8) is 0 Å². The van der Waals surface area contributed by atoms with Gasteiger partial charge in [-0.2, -0.15) is 0 Å². The van der Waals surface area contributed by atoms with Crippen LogP contribution < -0.4 is 4.72 Å². The van der Waals surface area contributed by atoms with Crippen molar-refractivity contribution in [2.75, 3.05) is 12.3 Å². The van der Waals surface area contributed by atoms with Crippen LogP contribution in [0.25, 0.3) is 0 Å². The first-order chi connectivity index (χ1) is 5.62. The Hall–Kier alpha value is -0.420. The fraction of sp³-hybridized carbons (Fsp3) is 0.857. The van der Waals surface area contributed by atoms with E-state index in [-0.39, 0.29) is 12.2 Å². The summed E-state index contributed by atoms with van der Waals surface area (Å²) in [6.07, 6.45) is 2.97. The molecule has 0 amide bonds. The quantitative estimate of drug-likeness (QED) is 0.586. The maximum atomic E-state index is 11.0. The van der Waals surface area contributed by atoms with E-state index in [0.29, 0.717) is 13.0 Å². The lowest BCUT2D eigenvalue weighted by Gasteiger charge is -2.02. The summed E-state index contributed by atoms with van der Waals surface area (Å²) in [4.78, 5) is 9.76. The number of hydrogen-bond donors (Lipinski definition) is 1. The molecular weight excluding hydrogens is 178 g/mol. The first kappa shape index (κ1) is 11.6. The van der Waals surface area contributed by atoms with Gasteiger partial charge in [-0.1, -0.05) is 6.92 Å². The molecular formula is C7H14NO3S. The lowest BCUT2D eigenvalue weighted by molar-refractivity contribution is 0.549. The Morgan fingerprint density at radius 1 is 1.42 bits per heavy atom. The van der Waals surface area contributed by atoms with E-state index in [2.05, 4.69) is 4.72 Å². The maximum absolute atomic E-state index is 11.0. The number of rotatable bonds is 7. The Balaban J connectivity index is 3.64. The van der Waals surface area contributed by atoms with Crippen LogP contribution in [0.3, 0.4) is 0 Å². The third-order valence-corrected chi connectivity index (χ3v) is 2.73. The van der Waals surface area contributed by atoms with Gasteiger partial charge in [-0.05, 0) is 12.8 Å². The molecule has 0 fully saturated rings. The SMILES string of the molecule is CCCNS(=O)(=O)CCC[C]=O. The van der Waals surface area contributed by atoms with Gasteiger partial charge in [0.05, 0.1) is 5.75 Å². The van der Waals surface area contributed by atoms with Gasteiger partial charge in [0.15, 0.2) is 6.29 Å². The molecule has 0 saturated carbocycles. The smallest absolute Gasteiger partial charge is 0.211 e. The minimum Gasteiger partial charge on any atom is -0.291 e. The number of hydrogen-bond acceptors (Lipinski definition) is 3. The molecule has 4 nitrogen and oxygen atoms in total. The minimum atomic E-state index is -3.14. The first-order valence-electron chi connectivity index (χ1n) is 3.94. The van der Waals surface area contributed by atoms with Gasteiger partial charge < -0.3 is 0 Å². The molecule has 1 radical (unpaired) electrons. The molecule has 0 rings (SSSR count). The molecule has 0 atom stereocenters. The zero-order chi connectivity index (χ0) is 9.45. The van der Waals surface area contributed by atoms with Crippen molar-refractivity contribution >= 4 is 16.3 Å². The van der Waals surface area contributed by atoms with Crippen molar-refractivity contribution in [2.45, 2.75) is 26.2 Å². The molecule has 0 saturated heterocycles. The van der Waals surface area contributed by atoms with Gasteiger partial charge >= 0.3 is 0 Å². The van der Waals surface area contributed by atoms with Crippen LogP contribution in [0.4, 0.5) is 0 Å². The predicted molar refractivity (Wildman–Crippen MR) is 47.0 cm³/mol. The molecule has 0 aliphatic rings. The summed E-state index contributed by atoms with van der Waals surface area (Å²) in [5.41, 5.74) is 0. The fourth-order valence-electron chi connectivity index (χ4n) is 0.664. The number of carbonyl (C=O) groups excluding carboxylic acids is 1. The molecule has 0 unspecified atom stereocenters. The molecule has 0 aliphatic carbocycles. The third kappa shape index (κ3) is 6.30. The van der Waals surface area contributed by atoms with Crippen LogP contribution in [0.15, 0.2) is 0 Å². The van der Waals surface area contributed by atoms with Crippen molar-refractivity contribution in [2.24, 2.45) is 0 Å². The number of sulfonamides is 1. The van der Waals surface area contributed by atoms with E-state index in [0.717, 1.165) is 6.42 Å². The predicted octanol–water partition coefficient (Wildman–Crippen LogP) is 0.206. The van der Waals surface area contributed by atoms with Gasteiger partial charge in [0.25, 0.3) is 0 Å². The summed E-state index contributed by atoms with van der Waals surface area (Å²) in [5, 5.41) is 0. The first-order valence-corrected chi connectivity index (χ1v) is 5.60. The molecule has 0 spiro atoms. The Labute approximate surface area is 73.4 Å². The van der Waals surface area contributed by atoms with Gasteiger partial charge in [0.2, 0.25) is 10.0 Å². The zero-order valence-corrected chi connectivity index (χ0v) is 7.99. The van der Waals surface area contributed by atoms with Gasteiger partial charge in [-0.15, -0.1) is 0 Å². The van der Waals surface area contributed by atoms with Crippen molar-refractivity contribution < 1.29 is 13.2 Å². The summed E-state index contributed by atoms with van der Waals surface area (Å²) in [6, 6.07) is 0. The van der Waals surface area contributed by atoms with Crippen LogP contribution in [0.5, 0.6) is 0 Å². The van der Waals surface area contributed by atoms with Crippen molar-refractivity contribution in [3.05, 3.63) is 0 Å². The van der Waals surface area contributed by atoms with Gasteiger partial charge in [-0.25, -0.2) is 13.1 Å². The molecule has 12 heavy (non-hydrogen) atoms. The molecule has 5 heteroatoms. The van der Waals surface area contributed by atoms with E-state index < -0.39 is 10.0 Å². The molecule has 0 aromatic rings. The highest BCUT2D eigenvalue weighted by Crippen LogP contribution is 1.92. The molecule has 0 heterocycles. The highest BCUT2D eigenvalue weighted by atomic mass is 32.2. The Bertz CT molecular complexity index is 211. The maximum Gasteiger partial charge on any atom is 0.211 e. The summed E-state index contributed by atoms with van der Waals surface area (Å²) < 4.78 is 24.5. The van der Waals surface area contributed by atoms with Crippen LogP contribution in [0.2, 0.25) is 0 Å². The average molecular weight is 192 g/mol. The number of nitrogens with one attached hydrogen (secondary N) is 1. The minimum absolute atomic E-state index is 0.0161. The molecule has 0 aromatic carbocycles. The number of unbranched alkanes of at least 4 members (excludes halogenated alkanes) is 1. The Morgan fingerprint density at radius 3 is 2.58 bits per heavy atom. The average Bonchev–Trinajstić information content (AvgIpc) is 2.01. The summed E-state index contributed by atoms with van der Waals surface area (Å²) >= 11 is 0. The van der Waals surface area contributed by atoms with Crippen LogP contribution in [-0.4, -0.2) is 27.0 Å². The van der Waals surface area contributed by atoms with E-state index in [4.69, 9.17) is 0 Å². The van der Waals surface area contributed by atoms with E-state index >= 15 is 0 Å². The van der Waals surface area contributed by atoms with Gasteiger partial charge in [0.1, 0.15) is 0 Å². The Kier molecular flexibility index (Phi) is 5.92. The summed E-state index contributed by atoms with van der Waals surface area (Å²) in [6.45, 7) is 2.36.